The SMILES string of the molecule is CCCC(O)(N[S@+]([O-])C(C)(C)C)c1cccc(-c2cc(C3=CCOCC3)c3cnn(-c4cccc(CO[Si](C)(C)C(C)(C)C)n4)c3c2)n1. The van der Waals surface area contributed by atoms with Crippen molar-refractivity contribution >= 4 is 36.2 Å². The Hall–Kier alpha value is -2.90. The summed E-state index contributed by atoms with van der Waals surface area (Å²) in [5.41, 5.74) is 4.45. The van der Waals surface area contributed by atoms with E-state index in [9.17, 15) is 9.66 Å². The van der Waals surface area contributed by atoms with Crippen LogP contribution in [0.1, 0.15) is 84.7 Å². The van der Waals surface area contributed by atoms with Crippen LogP contribution in [-0.2, 0) is 32.9 Å². The number of hydrogen-bond donors (Lipinski definition) is 2. The molecular formula is C37H51N5O4SSi. The lowest BCUT2D eigenvalue weighted by atomic mass is 9.94. The lowest BCUT2D eigenvalue weighted by molar-refractivity contribution is 0.0101. The van der Waals surface area contributed by atoms with Crippen LogP contribution in [0.2, 0.25) is 18.1 Å². The summed E-state index contributed by atoms with van der Waals surface area (Å²) in [7, 11) is -1.95. The van der Waals surface area contributed by atoms with Gasteiger partial charge in [-0.3, -0.25) is 0 Å². The van der Waals surface area contributed by atoms with Crippen LogP contribution in [0.25, 0.3) is 33.6 Å². The highest BCUT2D eigenvalue weighted by atomic mass is 32.2. The molecular weight excluding hydrogens is 639 g/mol. The molecule has 0 amide bonds. The second-order valence-electron chi connectivity index (χ2n) is 15.1. The summed E-state index contributed by atoms with van der Waals surface area (Å²) >= 11 is -1.50. The lowest BCUT2D eigenvalue weighted by Crippen LogP contribution is -2.51. The zero-order chi connectivity index (χ0) is 34.9. The average molecular weight is 690 g/mol. The van der Waals surface area contributed by atoms with E-state index in [-0.39, 0.29) is 5.04 Å². The van der Waals surface area contributed by atoms with Crippen molar-refractivity contribution in [2.45, 2.75) is 103 Å². The third-order valence-corrected chi connectivity index (χ3v) is 15.4. The van der Waals surface area contributed by atoms with Crippen LogP contribution < -0.4 is 4.72 Å². The molecule has 9 nitrogen and oxygen atoms in total. The van der Waals surface area contributed by atoms with E-state index in [1.807, 2.05) is 68.9 Å². The van der Waals surface area contributed by atoms with Crippen LogP contribution in [0.15, 0.2) is 60.8 Å². The number of fused-ring (bicyclic) bond motifs is 1. The Morgan fingerprint density at radius 1 is 1.06 bits per heavy atom. The fraction of sp³-hybridized carbons (Fsp3) is 0.486. The minimum atomic E-state index is -1.95. The Balaban J connectivity index is 1.59. The van der Waals surface area contributed by atoms with Crippen molar-refractivity contribution in [3.05, 3.63) is 77.8 Å². The molecule has 2 N–H and O–H groups in total. The van der Waals surface area contributed by atoms with Gasteiger partial charge >= 0.3 is 0 Å². The molecule has 2 atom stereocenters. The third-order valence-electron chi connectivity index (χ3n) is 9.29. The van der Waals surface area contributed by atoms with E-state index in [1.165, 1.54) is 5.57 Å². The van der Waals surface area contributed by atoms with Gasteiger partial charge in [0.25, 0.3) is 0 Å². The number of aliphatic hydroxyl groups is 1. The molecule has 1 aliphatic rings. The Bertz CT molecular complexity index is 1780. The molecule has 0 spiro atoms. The van der Waals surface area contributed by atoms with Gasteiger partial charge in [0.15, 0.2) is 19.9 Å². The number of rotatable bonds is 11. The van der Waals surface area contributed by atoms with Crippen LogP contribution in [0.4, 0.5) is 0 Å². The van der Waals surface area contributed by atoms with Crippen molar-refractivity contribution in [1.29, 1.82) is 0 Å². The summed E-state index contributed by atoms with van der Waals surface area (Å²) in [4.78, 5) is 9.97. The topological polar surface area (TPSA) is 117 Å². The molecule has 4 aromatic rings. The molecule has 1 aromatic carbocycles. The van der Waals surface area contributed by atoms with Gasteiger partial charge in [-0.2, -0.15) is 5.10 Å². The van der Waals surface area contributed by atoms with Crippen LogP contribution in [0, 0.1) is 0 Å². The van der Waals surface area contributed by atoms with Crippen molar-refractivity contribution in [2.24, 2.45) is 0 Å². The van der Waals surface area contributed by atoms with Gasteiger partial charge in [0, 0.05) is 22.3 Å². The number of nitrogens with zero attached hydrogens (tertiary/aromatic N) is 4. The van der Waals surface area contributed by atoms with E-state index in [4.69, 9.17) is 24.2 Å². The Morgan fingerprint density at radius 2 is 1.81 bits per heavy atom. The molecule has 48 heavy (non-hydrogen) atoms. The standard InChI is InChI=1S/C37H51N5O4SSi/c1-10-19-37(43,41-47(44)35(2,3)4)33-15-12-14-31(40-33)27-22-29(26-17-20-45-21-18-26)30-24-38-42(32(30)23-27)34-16-11-13-28(39-34)25-46-48(8,9)36(5,6)7/h11-17,22-24,41,43H,10,18-21,25H2,1-9H3/t37?,47-/m1/s1. The van der Waals surface area contributed by atoms with Crippen LogP contribution >= 0.6 is 0 Å². The smallest absolute Gasteiger partial charge is 0.200 e. The maximum Gasteiger partial charge on any atom is 0.200 e. The summed E-state index contributed by atoms with van der Waals surface area (Å²) in [6.45, 7) is 20.5. The highest BCUT2D eigenvalue weighted by Crippen LogP contribution is 2.38. The Morgan fingerprint density at radius 3 is 2.48 bits per heavy atom. The minimum absolute atomic E-state index is 0.103. The molecule has 1 aliphatic heterocycles. The first-order valence-corrected chi connectivity index (χ1v) is 20.9. The summed E-state index contributed by atoms with van der Waals surface area (Å²) in [5.74, 6) is 0.707. The first-order chi connectivity index (χ1) is 22.5. The molecule has 258 valence electrons. The molecule has 0 aliphatic carbocycles. The van der Waals surface area contributed by atoms with Gasteiger partial charge < -0.3 is 18.8 Å². The predicted molar refractivity (Wildman–Crippen MR) is 197 cm³/mol. The molecule has 3 aromatic heterocycles. The highest BCUT2D eigenvalue weighted by molar-refractivity contribution is 7.90. The Labute approximate surface area is 289 Å². The fourth-order valence-corrected chi connectivity index (χ4v) is 7.12. The zero-order valence-corrected chi connectivity index (χ0v) is 31.7. The van der Waals surface area contributed by atoms with Crippen LogP contribution in [0.5, 0.6) is 0 Å². The average Bonchev–Trinajstić information content (AvgIpc) is 3.47. The molecule has 0 saturated carbocycles. The van der Waals surface area contributed by atoms with Crippen molar-refractivity contribution in [3.63, 3.8) is 0 Å². The molecule has 0 fully saturated rings. The highest BCUT2D eigenvalue weighted by Gasteiger charge is 2.40. The zero-order valence-electron chi connectivity index (χ0n) is 29.9. The molecule has 1 unspecified atom stereocenters. The Kier molecular flexibility index (Phi) is 10.7. The van der Waals surface area contributed by atoms with Gasteiger partial charge in [0.1, 0.15) is 4.75 Å². The van der Waals surface area contributed by atoms with Crippen molar-refractivity contribution in [1.82, 2.24) is 24.5 Å². The summed E-state index contributed by atoms with van der Waals surface area (Å²) < 4.78 is 29.6. The third kappa shape index (κ3) is 7.94. The molecule has 5 rings (SSSR count). The van der Waals surface area contributed by atoms with Crippen molar-refractivity contribution in [3.8, 4) is 17.1 Å². The van der Waals surface area contributed by atoms with Gasteiger partial charge in [-0.05, 0) is 99.3 Å². The largest absolute Gasteiger partial charge is 0.598 e. The number of benzene rings is 1. The van der Waals surface area contributed by atoms with Gasteiger partial charge in [-0.1, -0.05) is 52.3 Å². The van der Waals surface area contributed by atoms with Gasteiger partial charge in [0.2, 0.25) is 0 Å². The van der Waals surface area contributed by atoms with E-state index >= 15 is 0 Å². The predicted octanol–water partition coefficient (Wildman–Crippen LogP) is 7.81. The van der Waals surface area contributed by atoms with E-state index < -0.39 is 30.2 Å². The molecule has 4 heterocycles. The quantitative estimate of drug-likeness (QED) is 0.0931. The molecule has 0 saturated heterocycles. The maximum absolute atomic E-state index is 13.1. The monoisotopic (exact) mass is 689 g/mol. The summed E-state index contributed by atoms with van der Waals surface area (Å²) in [6, 6.07) is 15.8. The van der Waals surface area contributed by atoms with Gasteiger partial charge in [-0.15, -0.1) is 4.72 Å². The first kappa shape index (κ1) is 36.4. The second kappa shape index (κ2) is 14.1. The number of hydrogen-bond acceptors (Lipinski definition) is 8. The number of nitrogens with one attached hydrogen (secondary N) is 1. The van der Waals surface area contributed by atoms with Gasteiger partial charge in [0.05, 0.1) is 48.6 Å². The second-order valence-corrected chi connectivity index (χ2v) is 21.9. The number of pyridine rings is 2. The fourth-order valence-electron chi connectivity index (χ4n) is 5.36. The number of ether oxygens (including phenoxy) is 1. The van der Waals surface area contributed by atoms with Crippen LogP contribution in [-0.4, -0.2) is 55.7 Å². The number of aromatic nitrogens is 4. The lowest BCUT2D eigenvalue weighted by Gasteiger charge is -2.36. The van der Waals surface area contributed by atoms with E-state index in [0.717, 1.165) is 34.1 Å². The minimum Gasteiger partial charge on any atom is -0.598 e. The maximum atomic E-state index is 13.1. The summed E-state index contributed by atoms with van der Waals surface area (Å²) in [6.07, 6.45) is 5.85. The van der Waals surface area contributed by atoms with E-state index in [2.05, 4.69) is 56.8 Å². The normalized spacial score (nSPS) is 16.5. The molecule has 0 bridgehead atoms. The summed E-state index contributed by atoms with van der Waals surface area (Å²) in [5, 5.41) is 17.8. The first-order valence-electron chi connectivity index (χ1n) is 16.8. The van der Waals surface area contributed by atoms with Crippen molar-refractivity contribution < 1.29 is 18.8 Å². The molecule has 11 heteroatoms. The van der Waals surface area contributed by atoms with Crippen molar-refractivity contribution in [2.75, 3.05) is 13.2 Å². The van der Waals surface area contributed by atoms with Crippen LogP contribution in [0.3, 0.4) is 0 Å². The van der Waals surface area contributed by atoms with E-state index in [0.29, 0.717) is 49.9 Å². The van der Waals surface area contributed by atoms with E-state index in [1.54, 1.807) is 6.07 Å². The van der Waals surface area contributed by atoms with Gasteiger partial charge in [-0.25, -0.2) is 14.6 Å². The molecule has 0 radical (unpaired) electrons.